The summed E-state index contributed by atoms with van der Waals surface area (Å²) in [6.07, 6.45) is 1.81. The van der Waals surface area contributed by atoms with E-state index in [-0.39, 0.29) is 5.69 Å². The Balaban J connectivity index is 1.67. The third-order valence-electron chi connectivity index (χ3n) is 3.88. The molecule has 0 saturated carbocycles. The Bertz CT molecular complexity index is 853. The Morgan fingerprint density at radius 3 is 2.57 bits per heavy atom. The van der Waals surface area contributed by atoms with Crippen molar-refractivity contribution in [1.29, 1.82) is 0 Å². The molecule has 1 aromatic heterocycles. The molecule has 3 rings (SSSR count). The zero-order valence-electron chi connectivity index (χ0n) is 13.0. The molecule has 23 heavy (non-hydrogen) atoms. The lowest BCUT2D eigenvalue weighted by Crippen LogP contribution is -2.07. The summed E-state index contributed by atoms with van der Waals surface area (Å²) in [5.41, 5.74) is 4.58. The van der Waals surface area contributed by atoms with Gasteiger partial charge in [-0.3, -0.25) is 10.1 Å². The molecule has 1 heterocycles. The van der Waals surface area contributed by atoms with Crippen molar-refractivity contribution in [2.75, 3.05) is 6.61 Å². The SMILES string of the molecule is Cc1cc2ncn(CCOc3ccc([N+](=O)[O-])cc3)c2cc1C. The molecular weight excluding hydrogens is 294 g/mol. The first-order valence-corrected chi connectivity index (χ1v) is 7.34. The minimum Gasteiger partial charge on any atom is -0.492 e. The number of imidazole rings is 1. The van der Waals surface area contributed by atoms with Crippen LogP contribution in [0.25, 0.3) is 11.0 Å². The van der Waals surface area contributed by atoms with Crippen LogP contribution in [-0.2, 0) is 6.54 Å². The van der Waals surface area contributed by atoms with Gasteiger partial charge >= 0.3 is 0 Å². The van der Waals surface area contributed by atoms with Gasteiger partial charge in [0.1, 0.15) is 12.4 Å². The van der Waals surface area contributed by atoms with Crippen molar-refractivity contribution < 1.29 is 9.66 Å². The van der Waals surface area contributed by atoms with Crippen LogP contribution in [0.4, 0.5) is 5.69 Å². The maximum Gasteiger partial charge on any atom is 0.269 e. The molecule has 0 aliphatic carbocycles. The number of hydrogen-bond acceptors (Lipinski definition) is 4. The van der Waals surface area contributed by atoms with E-state index in [1.807, 2.05) is 10.9 Å². The quantitative estimate of drug-likeness (QED) is 0.533. The molecule has 118 valence electrons. The Labute approximate surface area is 133 Å². The normalized spacial score (nSPS) is 10.9. The van der Waals surface area contributed by atoms with Crippen molar-refractivity contribution in [3.05, 3.63) is 64.0 Å². The average Bonchev–Trinajstić information content (AvgIpc) is 2.90. The Morgan fingerprint density at radius 1 is 1.17 bits per heavy atom. The summed E-state index contributed by atoms with van der Waals surface area (Å²) in [7, 11) is 0. The van der Waals surface area contributed by atoms with Crippen molar-refractivity contribution in [2.45, 2.75) is 20.4 Å². The van der Waals surface area contributed by atoms with Crippen LogP contribution in [0.2, 0.25) is 0 Å². The molecule has 0 aliphatic rings. The molecule has 0 atom stereocenters. The number of nitro benzene ring substituents is 1. The minimum atomic E-state index is -0.425. The van der Waals surface area contributed by atoms with E-state index in [9.17, 15) is 10.1 Å². The first-order valence-electron chi connectivity index (χ1n) is 7.34. The molecule has 0 N–H and O–H groups in total. The predicted octanol–water partition coefficient (Wildman–Crippen LogP) is 3.64. The van der Waals surface area contributed by atoms with Gasteiger partial charge in [-0.05, 0) is 49.2 Å². The van der Waals surface area contributed by atoms with Crippen LogP contribution < -0.4 is 4.74 Å². The number of ether oxygens (including phenoxy) is 1. The van der Waals surface area contributed by atoms with Gasteiger partial charge in [-0.1, -0.05) is 0 Å². The molecular formula is C17H17N3O3. The second-order valence-corrected chi connectivity index (χ2v) is 5.46. The van der Waals surface area contributed by atoms with Gasteiger partial charge < -0.3 is 9.30 Å². The van der Waals surface area contributed by atoms with E-state index >= 15 is 0 Å². The number of hydrogen-bond donors (Lipinski definition) is 0. The highest BCUT2D eigenvalue weighted by atomic mass is 16.6. The van der Waals surface area contributed by atoms with Gasteiger partial charge in [0, 0.05) is 12.1 Å². The molecule has 0 spiro atoms. The topological polar surface area (TPSA) is 70.2 Å². The summed E-state index contributed by atoms with van der Waals surface area (Å²) in [6.45, 7) is 5.29. The predicted molar refractivity (Wildman–Crippen MR) is 87.8 cm³/mol. The zero-order chi connectivity index (χ0) is 16.4. The summed E-state index contributed by atoms with van der Waals surface area (Å²) >= 11 is 0. The number of nitrogens with zero attached hydrogens (tertiary/aromatic N) is 3. The summed E-state index contributed by atoms with van der Waals surface area (Å²) in [4.78, 5) is 14.6. The number of non-ortho nitro benzene ring substituents is 1. The number of benzene rings is 2. The fraction of sp³-hybridized carbons (Fsp3) is 0.235. The van der Waals surface area contributed by atoms with Gasteiger partial charge in [0.15, 0.2) is 0 Å². The molecule has 6 nitrogen and oxygen atoms in total. The fourth-order valence-corrected chi connectivity index (χ4v) is 2.42. The van der Waals surface area contributed by atoms with Gasteiger partial charge in [0.25, 0.3) is 5.69 Å². The van der Waals surface area contributed by atoms with Gasteiger partial charge in [-0.2, -0.15) is 0 Å². The maximum atomic E-state index is 10.6. The average molecular weight is 311 g/mol. The molecule has 0 unspecified atom stereocenters. The molecule has 0 aliphatic heterocycles. The summed E-state index contributed by atoms with van der Waals surface area (Å²) in [6, 6.07) is 10.3. The van der Waals surface area contributed by atoms with Crippen LogP contribution in [0, 0.1) is 24.0 Å². The Kier molecular flexibility index (Phi) is 3.97. The minimum absolute atomic E-state index is 0.0591. The molecule has 0 fully saturated rings. The second-order valence-electron chi connectivity index (χ2n) is 5.46. The van der Waals surface area contributed by atoms with Crippen LogP contribution in [0.3, 0.4) is 0 Å². The molecule has 0 saturated heterocycles. The summed E-state index contributed by atoms with van der Waals surface area (Å²) < 4.78 is 7.69. The molecule has 0 bridgehead atoms. The standard InChI is InChI=1S/C17H17N3O3/c1-12-9-16-17(10-13(12)2)19(11-18-16)7-8-23-15-5-3-14(4-6-15)20(21)22/h3-6,9-11H,7-8H2,1-2H3. The molecule has 2 aromatic carbocycles. The highest BCUT2D eigenvalue weighted by molar-refractivity contribution is 5.77. The first kappa shape index (κ1) is 15.0. The fourth-order valence-electron chi connectivity index (χ4n) is 2.42. The van der Waals surface area contributed by atoms with Crippen LogP contribution in [0.5, 0.6) is 5.75 Å². The van der Waals surface area contributed by atoms with Crippen molar-refractivity contribution in [1.82, 2.24) is 9.55 Å². The van der Waals surface area contributed by atoms with E-state index in [1.54, 1.807) is 12.1 Å². The van der Waals surface area contributed by atoms with E-state index in [0.717, 1.165) is 11.0 Å². The number of aryl methyl sites for hydroxylation is 2. The molecule has 0 amide bonds. The van der Waals surface area contributed by atoms with Crippen LogP contribution in [-0.4, -0.2) is 21.1 Å². The monoisotopic (exact) mass is 311 g/mol. The Hall–Kier alpha value is -2.89. The van der Waals surface area contributed by atoms with Crippen molar-refractivity contribution in [2.24, 2.45) is 0 Å². The van der Waals surface area contributed by atoms with E-state index in [4.69, 9.17) is 4.74 Å². The van der Waals surface area contributed by atoms with E-state index < -0.39 is 4.92 Å². The third-order valence-corrected chi connectivity index (χ3v) is 3.88. The van der Waals surface area contributed by atoms with Crippen molar-refractivity contribution in [3.63, 3.8) is 0 Å². The summed E-state index contributed by atoms with van der Waals surface area (Å²) in [5, 5.41) is 10.6. The largest absolute Gasteiger partial charge is 0.492 e. The van der Waals surface area contributed by atoms with Gasteiger partial charge in [0.2, 0.25) is 0 Å². The van der Waals surface area contributed by atoms with E-state index in [1.165, 1.54) is 23.3 Å². The van der Waals surface area contributed by atoms with Gasteiger partial charge in [-0.25, -0.2) is 4.98 Å². The molecule has 6 heteroatoms. The lowest BCUT2D eigenvalue weighted by molar-refractivity contribution is -0.384. The van der Waals surface area contributed by atoms with Gasteiger partial charge in [0.05, 0.1) is 28.8 Å². The smallest absolute Gasteiger partial charge is 0.269 e. The second kappa shape index (κ2) is 6.08. The number of nitro groups is 1. The lowest BCUT2D eigenvalue weighted by Gasteiger charge is -2.08. The van der Waals surface area contributed by atoms with E-state index in [2.05, 4.69) is 31.0 Å². The van der Waals surface area contributed by atoms with Crippen molar-refractivity contribution in [3.8, 4) is 5.75 Å². The third kappa shape index (κ3) is 3.15. The maximum absolute atomic E-state index is 10.6. The zero-order valence-corrected chi connectivity index (χ0v) is 13.0. The number of aromatic nitrogens is 2. The number of fused-ring (bicyclic) bond motifs is 1. The molecule has 0 radical (unpaired) electrons. The van der Waals surface area contributed by atoms with Crippen LogP contribution in [0.1, 0.15) is 11.1 Å². The van der Waals surface area contributed by atoms with E-state index in [0.29, 0.717) is 18.9 Å². The summed E-state index contributed by atoms with van der Waals surface area (Å²) in [5.74, 6) is 0.618. The highest BCUT2D eigenvalue weighted by Crippen LogP contribution is 2.19. The van der Waals surface area contributed by atoms with Gasteiger partial charge in [-0.15, -0.1) is 0 Å². The lowest BCUT2D eigenvalue weighted by atomic mass is 10.1. The molecule has 3 aromatic rings. The van der Waals surface area contributed by atoms with Crippen molar-refractivity contribution >= 4 is 16.7 Å². The first-order chi connectivity index (χ1) is 11.0. The van der Waals surface area contributed by atoms with Crippen LogP contribution in [0.15, 0.2) is 42.7 Å². The highest BCUT2D eigenvalue weighted by Gasteiger charge is 2.06. The number of rotatable bonds is 5. The Morgan fingerprint density at radius 2 is 1.87 bits per heavy atom. The van der Waals surface area contributed by atoms with Crippen LogP contribution >= 0.6 is 0 Å².